The maximum atomic E-state index is 11.7. The number of benzene rings is 1. The van der Waals surface area contributed by atoms with Gasteiger partial charge in [-0.1, -0.05) is 18.2 Å². The zero-order valence-corrected chi connectivity index (χ0v) is 13.9. The molecule has 130 valence electrons. The van der Waals surface area contributed by atoms with Crippen LogP contribution in [-0.2, 0) is 17.8 Å². The fourth-order valence-electron chi connectivity index (χ4n) is 3.15. The number of nitrogens with zero attached hydrogens (tertiary/aromatic N) is 3. The SMILES string of the molecule is O=C1OCCCN1CCNc1ncnc2c1Cc1ccccc1OC2. The van der Waals surface area contributed by atoms with Gasteiger partial charge in [-0.25, -0.2) is 14.8 Å². The van der Waals surface area contributed by atoms with Crippen LogP contribution < -0.4 is 10.1 Å². The number of carbonyl (C=O) groups excluding carboxylic acids is 1. The molecule has 7 heteroatoms. The first-order chi connectivity index (χ1) is 12.3. The maximum absolute atomic E-state index is 11.7. The minimum atomic E-state index is -0.239. The van der Waals surface area contributed by atoms with Gasteiger partial charge >= 0.3 is 6.09 Å². The van der Waals surface area contributed by atoms with Gasteiger partial charge in [0.15, 0.2) is 0 Å². The van der Waals surface area contributed by atoms with Crippen molar-refractivity contribution in [2.24, 2.45) is 0 Å². The first-order valence-electron chi connectivity index (χ1n) is 8.50. The first kappa shape index (κ1) is 15.7. The van der Waals surface area contributed by atoms with Gasteiger partial charge in [-0.2, -0.15) is 0 Å². The maximum Gasteiger partial charge on any atom is 0.409 e. The van der Waals surface area contributed by atoms with E-state index in [1.807, 2.05) is 18.2 Å². The second kappa shape index (κ2) is 6.96. The number of cyclic esters (lactones) is 1. The average molecular weight is 340 g/mol. The van der Waals surface area contributed by atoms with Crippen LogP contribution in [0.4, 0.5) is 10.6 Å². The van der Waals surface area contributed by atoms with Gasteiger partial charge in [0.2, 0.25) is 0 Å². The van der Waals surface area contributed by atoms with Gasteiger partial charge in [0, 0.05) is 31.6 Å². The van der Waals surface area contributed by atoms with Gasteiger partial charge in [0.25, 0.3) is 0 Å². The minimum Gasteiger partial charge on any atom is -0.487 e. The van der Waals surface area contributed by atoms with Crippen LogP contribution in [0.25, 0.3) is 0 Å². The number of anilines is 1. The molecule has 0 saturated carbocycles. The summed E-state index contributed by atoms with van der Waals surface area (Å²) in [6.07, 6.45) is 2.91. The molecule has 3 heterocycles. The van der Waals surface area contributed by atoms with E-state index in [0.29, 0.717) is 26.3 Å². The number of amides is 1. The molecule has 7 nitrogen and oxygen atoms in total. The molecule has 2 aliphatic rings. The number of ether oxygens (including phenoxy) is 2. The molecule has 0 unspecified atom stereocenters. The molecule has 1 aromatic heterocycles. The number of nitrogens with one attached hydrogen (secondary N) is 1. The summed E-state index contributed by atoms with van der Waals surface area (Å²) in [6, 6.07) is 8.01. The summed E-state index contributed by atoms with van der Waals surface area (Å²) in [5.41, 5.74) is 3.07. The number of aromatic nitrogens is 2. The molecule has 0 aliphatic carbocycles. The Hall–Kier alpha value is -2.83. The molecule has 2 aliphatic heterocycles. The molecule has 25 heavy (non-hydrogen) atoms. The molecule has 1 N–H and O–H groups in total. The summed E-state index contributed by atoms with van der Waals surface area (Å²) in [5, 5.41) is 3.34. The lowest BCUT2D eigenvalue weighted by Gasteiger charge is -2.26. The van der Waals surface area contributed by atoms with Crippen molar-refractivity contribution in [2.75, 3.05) is 31.6 Å². The fourth-order valence-corrected chi connectivity index (χ4v) is 3.15. The van der Waals surface area contributed by atoms with Crippen LogP contribution in [0.1, 0.15) is 23.2 Å². The van der Waals surface area contributed by atoms with E-state index < -0.39 is 0 Å². The summed E-state index contributed by atoms with van der Waals surface area (Å²) in [6.45, 7) is 2.89. The lowest BCUT2D eigenvalue weighted by Crippen LogP contribution is -2.40. The van der Waals surface area contributed by atoms with Crippen LogP contribution in [0.5, 0.6) is 5.75 Å². The number of hydrogen-bond acceptors (Lipinski definition) is 6. The highest BCUT2D eigenvalue weighted by molar-refractivity contribution is 5.68. The van der Waals surface area contributed by atoms with E-state index in [4.69, 9.17) is 9.47 Å². The summed E-state index contributed by atoms with van der Waals surface area (Å²) in [5.74, 6) is 1.69. The molecule has 4 rings (SSSR count). The van der Waals surface area contributed by atoms with Crippen LogP contribution in [0.2, 0.25) is 0 Å². The second-order valence-corrected chi connectivity index (χ2v) is 6.10. The largest absolute Gasteiger partial charge is 0.487 e. The number of carbonyl (C=O) groups is 1. The van der Waals surface area contributed by atoms with E-state index in [-0.39, 0.29) is 6.09 Å². The number of hydrogen-bond donors (Lipinski definition) is 1. The van der Waals surface area contributed by atoms with Crippen molar-refractivity contribution in [3.8, 4) is 5.75 Å². The van der Waals surface area contributed by atoms with Crippen molar-refractivity contribution < 1.29 is 14.3 Å². The molecule has 1 fully saturated rings. The van der Waals surface area contributed by atoms with Crippen molar-refractivity contribution in [1.29, 1.82) is 0 Å². The standard InChI is InChI=1S/C18H20N4O3/c23-18-22(7-3-9-24-18)8-6-19-17-14-10-13-4-1-2-5-16(13)25-11-15(14)20-12-21-17/h1-2,4-5,12H,3,6-11H2,(H,19,20,21). The first-order valence-corrected chi connectivity index (χ1v) is 8.50. The molecule has 1 amide bonds. The highest BCUT2D eigenvalue weighted by Gasteiger charge is 2.21. The van der Waals surface area contributed by atoms with Crippen LogP contribution in [0, 0.1) is 0 Å². The van der Waals surface area contributed by atoms with Crippen molar-refractivity contribution >= 4 is 11.9 Å². The van der Waals surface area contributed by atoms with Gasteiger partial charge in [-0.15, -0.1) is 0 Å². The van der Waals surface area contributed by atoms with Crippen LogP contribution in [0.3, 0.4) is 0 Å². The van der Waals surface area contributed by atoms with Gasteiger partial charge in [-0.05, 0) is 18.1 Å². The summed E-state index contributed by atoms with van der Waals surface area (Å²) < 4.78 is 10.9. The van der Waals surface area contributed by atoms with E-state index in [9.17, 15) is 4.79 Å². The highest BCUT2D eigenvalue weighted by Crippen LogP contribution is 2.29. The Morgan fingerprint density at radius 2 is 2.12 bits per heavy atom. The lowest BCUT2D eigenvalue weighted by atomic mass is 10.0. The smallest absolute Gasteiger partial charge is 0.409 e. The van der Waals surface area contributed by atoms with E-state index in [2.05, 4.69) is 21.4 Å². The number of para-hydroxylation sites is 1. The van der Waals surface area contributed by atoms with Crippen LogP contribution in [-0.4, -0.2) is 47.2 Å². The summed E-state index contributed by atoms with van der Waals surface area (Å²) in [7, 11) is 0. The highest BCUT2D eigenvalue weighted by atomic mass is 16.6. The van der Waals surface area contributed by atoms with Crippen molar-refractivity contribution in [3.05, 3.63) is 47.4 Å². The number of rotatable bonds is 4. The molecule has 0 spiro atoms. The van der Waals surface area contributed by atoms with Gasteiger partial charge in [-0.3, -0.25) is 0 Å². The Kier molecular flexibility index (Phi) is 4.37. The lowest BCUT2D eigenvalue weighted by molar-refractivity contribution is 0.0746. The van der Waals surface area contributed by atoms with Gasteiger partial charge in [0.1, 0.15) is 24.5 Å². The molecular weight excluding hydrogens is 320 g/mol. The van der Waals surface area contributed by atoms with Crippen LogP contribution >= 0.6 is 0 Å². The summed E-state index contributed by atoms with van der Waals surface area (Å²) >= 11 is 0. The average Bonchev–Trinajstić information content (AvgIpc) is 2.83. The zero-order valence-electron chi connectivity index (χ0n) is 13.9. The monoisotopic (exact) mass is 340 g/mol. The Morgan fingerprint density at radius 1 is 1.20 bits per heavy atom. The molecule has 2 aromatic rings. The minimum absolute atomic E-state index is 0.239. The zero-order chi connectivity index (χ0) is 17.1. The van der Waals surface area contributed by atoms with E-state index >= 15 is 0 Å². The van der Waals surface area contributed by atoms with E-state index in [1.54, 1.807) is 11.2 Å². The van der Waals surface area contributed by atoms with Gasteiger partial charge in [0.05, 0.1) is 12.3 Å². The van der Waals surface area contributed by atoms with Crippen molar-refractivity contribution in [2.45, 2.75) is 19.4 Å². The van der Waals surface area contributed by atoms with E-state index in [1.165, 1.54) is 0 Å². The predicted octanol–water partition coefficient (Wildman–Crippen LogP) is 2.21. The topological polar surface area (TPSA) is 76.6 Å². The van der Waals surface area contributed by atoms with Crippen molar-refractivity contribution in [1.82, 2.24) is 14.9 Å². The molecule has 0 atom stereocenters. The predicted molar refractivity (Wildman–Crippen MR) is 91.6 cm³/mol. The van der Waals surface area contributed by atoms with E-state index in [0.717, 1.165) is 47.8 Å². The number of fused-ring (bicyclic) bond motifs is 2. The molecule has 1 saturated heterocycles. The fraction of sp³-hybridized carbons (Fsp3) is 0.389. The quantitative estimate of drug-likeness (QED) is 0.920. The van der Waals surface area contributed by atoms with Crippen molar-refractivity contribution in [3.63, 3.8) is 0 Å². The Labute approximate surface area is 146 Å². The van der Waals surface area contributed by atoms with Crippen LogP contribution in [0.15, 0.2) is 30.6 Å². The second-order valence-electron chi connectivity index (χ2n) is 6.10. The van der Waals surface area contributed by atoms with Gasteiger partial charge < -0.3 is 19.7 Å². The third-order valence-corrected chi connectivity index (χ3v) is 4.47. The Bertz CT molecular complexity index is 781. The Morgan fingerprint density at radius 3 is 3.04 bits per heavy atom. The molecule has 0 radical (unpaired) electrons. The Balaban J connectivity index is 1.48. The molecule has 1 aromatic carbocycles. The molecular formula is C18H20N4O3. The third-order valence-electron chi connectivity index (χ3n) is 4.47. The summed E-state index contributed by atoms with van der Waals surface area (Å²) in [4.78, 5) is 22.2. The molecule has 0 bridgehead atoms. The normalized spacial score (nSPS) is 16.2. The third kappa shape index (κ3) is 3.35.